The van der Waals surface area contributed by atoms with Crippen LogP contribution in [0.2, 0.25) is 0 Å². The molecule has 0 radical (unpaired) electrons. The molecule has 1 aliphatic rings. The van der Waals surface area contributed by atoms with Gasteiger partial charge in [-0.15, -0.1) is 0 Å². The number of carbonyl (C=O) groups is 1. The van der Waals surface area contributed by atoms with Crippen molar-refractivity contribution < 1.29 is 4.79 Å². The van der Waals surface area contributed by atoms with Crippen molar-refractivity contribution >= 4 is 5.91 Å². The van der Waals surface area contributed by atoms with E-state index < -0.39 is 0 Å². The van der Waals surface area contributed by atoms with Crippen molar-refractivity contribution in [2.24, 2.45) is 17.1 Å². The van der Waals surface area contributed by atoms with E-state index >= 15 is 0 Å². The average molecular weight is 269 g/mol. The molecule has 1 unspecified atom stereocenters. The highest BCUT2D eigenvalue weighted by atomic mass is 16.2. The molecule has 112 valence electrons. The van der Waals surface area contributed by atoms with Crippen molar-refractivity contribution in [2.75, 3.05) is 33.7 Å². The molecule has 0 aromatic heterocycles. The van der Waals surface area contributed by atoms with Crippen LogP contribution < -0.4 is 5.73 Å². The normalized spacial score (nSPS) is 19.8. The van der Waals surface area contributed by atoms with Crippen LogP contribution in [0.15, 0.2) is 0 Å². The number of hydrogen-bond donors (Lipinski definition) is 1. The molecule has 1 rings (SSSR count). The monoisotopic (exact) mass is 269 g/mol. The molecular weight excluding hydrogens is 238 g/mol. The van der Waals surface area contributed by atoms with E-state index in [2.05, 4.69) is 39.8 Å². The SMILES string of the molecule is CN(C)CC1CCN(C(=O)CC(N)C(C)(C)C)CC1. The van der Waals surface area contributed by atoms with Crippen LogP contribution in [0.25, 0.3) is 0 Å². The van der Waals surface area contributed by atoms with Gasteiger partial charge >= 0.3 is 0 Å². The number of nitrogens with zero attached hydrogens (tertiary/aromatic N) is 2. The van der Waals surface area contributed by atoms with E-state index in [1.54, 1.807) is 0 Å². The third kappa shape index (κ3) is 5.49. The maximum absolute atomic E-state index is 12.2. The van der Waals surface area contributed by atoms with Crippen molar-refractivity contribution in [1.82, 2.24) is 9.80 Å². The fraction of sp³-hybridized carbons (Fsp3) is 0.933. The lowest BCUT2D eigenvalue weighted by Gasteiger charge is -2.35. The van der Waals surface area contributed by atoms with Gasteiger partial charge in [-0.1, -0.05) is 20.8 Å². The lowest BCUT2D eigenvalue weighted by Crippen LogP contribution is -2.45. The van der Waals surface area contributed by atoms with Gasteiger partial charge in [0.25, 0.3) is 0 Å². The van der Waals surface area contributed by atoms with E-state index in [9.17, 15) is 4.79 Å². The summed E-state index contributed by atoms with van der Waals surface area (Å²) >= 11 is 0. The molecule has 4 nitrogen and oxygen atoms in total. The Kier molecular flexibility index (Phi) is 5.81. The van der Waals surface area contributed by atoms with Crippen molar-refractivity contribution in [3.8, 4) is 0 Å². The standard InChI is InChI=1S/C15H31N3O/c1-15(2,3)13(16)10-14(19)18-8-6-12(7-9-18)11-17(4)5/h12-13H,6-11,16H2,1-5H3. The van der Waals surface area contributed by atoms with Crippen LogP contribution in [0.5, 0.6) is 0 Å². The highest BCUT2D eigenvalue weighted by Gasteiger charge is 2.28. The molecule has 1 saturated heterocycles. The highest BCUT2D eigenvalue weighted by molar-refractivity contribution is 5.77. The Hall–Kier alpha value is -0.610. The Morgan fingerprint density at radius 1 is 1.32 bits per heavy atom. The maximum atomic E-state index is 12.2. The molecule has 0 spiro atoms. The van der Waals surface area contributed by atoms with Gasteiger partial charge < -0.3 is 15.5 Å². The van der Waals surface area contributed by atoms with Crippen LogP contribution in [0, 0.1) is 11.3 Å². The number of rotatable bonds is 4. The summed E-state index contributed by atoms with van der Waals surface area (Å²) in [7, 11) is 4.22. The lowest BCUT2D eigenvalue weighted by atomic mass is 9.85. The second-order valence-electron chi connectivity index (χ2n) is 7.26. The number of nitrogens with two attached hydrogens (primary N) is 1. The third-order valence-electron chi connectivity index (χ3n) is 4.10. The first kappa shape index (κ1) is 16.4. The van der Waals surface area contributed by atoms with Crippen LogP contribution in [0.3, 0.4) is 0 Å². The molecule has 0 aromatic carbocycles. The number of likely N-dealkylation sites (tertiary alicyclic amines) is 1. The number of amides is 1. The minimum Gasteiger partial charge on any atom is -0.343 e. The summed E-state index contributed by atoms with van der Waals surface area (Å²) in [4.78, 5) is 16.5. The summed E-state index contributed by atoms with van der Waals surface area (Å²) in [6, 6.07) is -0.0560. The Morgan fingerprint density at radius 2 is 1.84 bits per heavy atom. The fourth-order valence-electron chi connectivity index (χ4n) is 2.50. The van der Waals surface area contributed by atoms with E-state index in [4.69, 9.17) is 5.73 Å². The first-order chi connectivity index (χ1) is 8.70. The Bertz CT molecular complexity index is 288. The second kappa shape index (κ2) is 6.71. The molecular formula is C15H31N3O. The van der Waals surface area contributed by atoms with E-state index in [1.165, 1.54) is 0 Å². The Morgan fingerprint density at radius 3 is 2.26 bits per heavy atom. The molecule has 4 heteroatoms. The average Bonchev–Trinajstić information content (AvgIpc) is 2.27. The molecule has 1 amide bonds. The van der Waals surface area contributed by atoms with E-state index in [-0.39, 0.29) is 17.4 Å². The fourth-order valence-corrected chi connectivity index (χ4v) is 2.50. The van der Waals surface area contributed by atoms with Crippen molar-refractivity contribution in [3.05, 3.63) is 0 Å². The van der Waals surface area contributed by atoms with Gasteiger partial charge in [-0.05, 0) is 38.3 Å². The molecule has 1 atom stereocenters. The van der Waals surface area contributed by atoms with Gasteiger partial charge in [0.15, 0.2) is 0 Å². The summed E-state index contributed by atoms with van der Waals surface area (Å²) < 4.78 is 0. The summed E-state index contributed by atoms with van der Waals surface area (Å²) in [6.45, 7) is 9.20. The minimum absolute atomic E-state index is 0.00109. The van der Waals surface area contributed by atoms with Crippen molar-refractivity contribution in [1.29, 1.82) is 0 Å². The summed E-state index contributed by atoms with van der Waals surface area (Å²) in [5.41, 5.74) is 6.10. The molecule has 0 aromatic rings. The van der Waals surface area contributed by atoms with Crippen molar-refractivity contribution in [3.63, 3.8) is 0 Å². The van der Waals surface area contributed by atoms with Gasteiger partial charge in [-0.25, -0.2) is 0 Å². The van der Waals surface area contributed by atoms with Gasteiger partial charge in [0, 0.05) is 32.1 Å². The van der Waals surface area contributed by atoms with Gasteiger partial charge in [-0.3, -0.25) is 4.79 Å². The predicted octanol–water partition coefficient (Wildman–Crippen LogP) is 1.55. The smallest absolute Gasteiger partial charge is 0.224 e. The minimum atomic E-state index is -0.0560. The number of carbonyl (C=O) groups excluding carboxylic acids is 1. The molecule has 0 saturated carbocycles. The van der Waals surface area contributed by atoms with E-state index in [0.717, 1.165) is 38.4 Å². The predicted molar refractivity (Wildman–Crippen MR) is 79.9 cm³/mol. The van der Waals surface area contributed by atoms with Crippen LogP contribution in [0.1, 0.15) is 40.0 Å². The number of hydrogen-bond acceptors (Lipinski definition) is 3. The van der Waals surface area contributed by atoms with Crippen LogP contribution in [-0.4, -0.2) is 55.5 Å². The topological polar surface area (TPSA) is 49.6 Å². The number of piperidine rings is 1. The van der Waals surface area contributed by atoms with Crippen molar-refractivity contribution in [2.45, 2.75) is 46.1 Å². The first-order valence-electron chi connectivity index (χ1n) is 7.38. The zero-order chi connectivity index (χ0) is 14.6. The third-order valence-corrected chi connectivity index (χ3v) is 4.10. The largest absolute Gasteiger partial charge is 0.343 e. The van der Waals surface area contributed by atoms with Crippen LogP contribution in [0.4, 0.5) is 0 Å². The quantitative estimate of drug-likeness (QED) is 0.842. The molecule has 1 fully saturated rings. The van der Waals surface area contributed by atoms with Crippen LogP contribution in [-0.2, 0) is 4.79 Å². The van der Waals surface area contributed by atoms with E-state index in [1.807, 2.05) is 4.90 Å². The van der Waals surface area contributed by atoms with Crippen LogP contribution >= 0.6 is 0 Å². The molecule has 1 heterocycles. The maximum Gasteiger partial charge on any atom is 0.224 e. The molecule has 0 aliphatic carbocycles. The Labute approximate surface area is 118 Å². The zero-order valence-corrected chi connectivity index (χ0v) is 13.3. The van der Waals surface area contributed by atoms with Gasteiger partial charge in [-0.2, -0.15) is 0 Å². The first-order valence-corrected chi connectivity index (χ1v) is 7.38. The summed E-state index contributed by atoms with van der Waals surface area (Å²) in [5, 5.41) is 0. The molecule has 2 N–H and O–H groups in total. The zero-order valence-electron chi connectivity index (χ0n) is 13.3. The second-order valence-corrected chi connectivity index (χ2v) is 7.26. The molecule has 1 aliphatic heterocycles. The van der Waals surface area contributed by atoms with Gasteiger partial charge in [0.2, 0.25) is 5.91 Å². The van der Waals surface area contributed by atoms with Gasteiger partial charge in [0.05, 0.1) is 0 Å². The summed E-state index contributed by atoms with van der Waals surface area (Å²) in [6.07, 6.45) is 2.71. The lowest BCUT2D eigenvalue weighted by molar-refractivity contribution is -0.133. The summed E-state index contributed by atoms with van der Waals surface area (Å²) in [5.74, 6) is 0.959. The molecule has 19 heavy (non-hydrogen) atoms. The van der Waals surface area contributed by atoms with Gasteiger partial charge in [0.1, 0.15) is 0 Å². The molecule has 0 bridgehead atoms. The highest BCUT2D eigenvalue weighted by Crippen LogP contribution is 2.22. The van der Waals surface area contributed by atoms with E-state index in [0.29, 0.717) is 6.42 Å². The Balaban J connectivity index is 2.37.